The van der Waals surface area contributed by atoms with E-state index in [0.29, 0.717) is 25.8 Å². The number of para-hydroxylation sites is 1. The molecule has 0 fully saturated rings. The summed E-state index contributed by atoms with van der Waals surface area (Å²) >= 11 is 0. The zero-order chi connectivity index (χ0) is 16.8. The molecular weight excluding hydrogens is 302 g/mol. The first-order chi connectivity index (χ1) is 11.7. The van der Waals surface area contributed by atoms with Gasteiger partial charge in [0.15, 0.2) is 0 Å². The number of pyridine rings is 1. The lowest BCUT2D eigenvalue weighted by Crippen LogP contribution is -2.32. The van der Waals surface area contributed by atoms with E-state index in [1.54, 1.807) is 12.4 Å². The van der Waals surface area contributed by atoms with E-state index in [-0.39, 0.29) is 17.7 Å². The number of fused-ring (bicyclic) bond motifs is 1. The molecule has 1 atom stereocenters. The van der Waals surface area contributed by atoms with Crippen LogP contribution in [0.25, 0.3) is 0 Å². The SMILES string of the molecule is O=C(CCC1Cc2ccccc2NC1=O)NCCc1cccnc1. The van der Waals surface area contributed by atoms with Gasteiger partial charge in [-0.3, -0.25) is 14.6 Å². The van der Waals surface area contributed by atoms with Crippen LogP contribution >= 0.6 is 0 Å². The van der Waals surface area contributed by atoms with Crippen LogP contribution in [0.15, 0.2) is 48.8 Å². The van der Waals surface area contributed by atoms with Gasteiger partial charge < -0.3 is 10.6 Å². The molecule has 1 aromatic heterocycles. The highest BCUT2D eigenvalue weighted by atomic mass is 16.2. The minimum atomic E-state index is -0.135. The number of carbonyl (C=O) groups excluding carboxylic acids is 2. The molecule has 1 aliphatic heterocycles. The summed E-state index contributed by atoms with van der Waals surface area (Å²) < 4.78 is 0. The molecule has 0 saturated carbocycles. The van der Waals surface area contributed by atoms with Gasteiger partial charge in [-0.25, -0.2) is 0 Å². The van der Waals surface area contributed by atoms with Crippen LogP contribution in [0, 0.1) is 5.92 Å². The molecule has 0 radical (unpaired) electrons. The lowest BCUT2D eigenvalue weighted by molar-refractivity contribution is -0.122. The van der Waals surface area contributed by atoms with Crippen LogP contribution in [-0.2, 0) is 22.4 Å². The molecule has 5 heteroatoms. The van der Waals surface area contributed by atoms with Crippen molar-refractivity contribution in [1.82, 2.24) is 10.3 Å². The zero-order valence-electron chi connectivity index (χ0n) is 13.5. The lowest BCUT2D eigenvalue weighted by atomic mass is 9.89. The number of aromatic nitrogens is 1. The predicted molar refractivity (Wildman–Crippen MR) is 92.5 cm³/mol. The molecular formula is C19H21N3O2. The monoisotopic (exact) mass is 323 g/mol. The first kappa shape index (κ1) is 16.2. The quantitative estimate of drug-likeness (QED) is 0.857. The van der Waals surface area contributed by atoms with Crippen molar-refractivity contribution in [3.05, 3.63) is 59.9 Å². The minimum absolute atomic E-state index is 0.00875. The molecule has 2 amide bonds. The number of anilines is 1. The third kappa shape index (κ3) is 4.19. The van der Waals surface area contributed by atoms with Gasteiger partial charge in [-0.15, -0.1) is 0 Å². The molecule has 1 aromatic carbocycles. The molecule has 24 heavy (non-hydrogen) atoms. The second-order valence-electron chi connectivity index (χ2n) is 6.05. The molecule has 5 nitrogen and oxygen atoms in total. The number of hydrogen-bond donors (Lipinski definition) is 2. The van der Waals surface area contributed by atoms with E-state index < -0.39 is 0 Å². The Morgan fingerprint density at radius 1 is 1.25 bits per heavy atom. The van der Waals surface area contributed by atoms with Crippen LogP contribution in [0.5, 0.6) is 0 Å². The van der Waals surface area contributed by atoms with E-state index in [0.717, 1.165) is 23.2 Å². The van der Waals surface area contributed by atoms with Gasteiger partial charge in [0.1, 0.15) is 0 Å². The summed E-state index contributed by atoms with van der Waals surface area (Å²) in [5.41, 5.74) is 3.12. The Bertz CT molecular complexity index is 716. The highest BCUT2D eigenvalue weighted by Gasteiger charge is 2.26. The Morgan fingerprint density at radius 2 is 2.12 bits per heavy atom. The summed E-state index contributed by atoms with van der Waals surface area (Å²) in [4.78, 5) is 28.1. The predicted octanol–water partition coefficient (Wildman–Crippen LogP) is 2.33. The molecule has 2 heterocycles. The lowest BCUT2D eigenvalue weighted by Gasteiger charge is -2.24. The van der Waals surface area contributed by atoms with E-state index in [9.17, 15) is 9.59 Å². The summed E-state index contributed by atoms with van der Waals surface area (Å²) in [6.07, 6.45) is 5.93. The van der Waals surface area contributed by atoms with E-state index in [1.807, 2.05) is 36.4 Å². The zero-order valence-corrected chi connectivity index (χ0v) is 13.5. The number of carbonyl (C=O) groups is 2. The molecule has 0 bridgehead atoms. The van der Waals surface area contributed by atoms with Crippen LogP contribution in [-0.4, -0.2) is 23.3 Å². The van der Waals surface area contributed by atoms with E-state index in [4.69, 9.17) is 0 Å². The molecule has 0 aliphatic carbocycles. The largest absolute Gasteiger partial charge is 0.356 e. The average Bonchev–Trinajstić information content (AvgIpc) is 2.61. The van der Waals surface area contributed by atoms with Gasteiger partial charge in [-0.2, -0.15) is 0 Å². The second kappa shape index (κ2) is 7.73. The third-order valence-electron chi connectivity index (χ3n) is 4.29. The Labute approximate surface area is 141 Å². The van der Waals surface area contributed by atoms with Crippen molar-refractivity contribution >= 4 is 17.5 Å². The number of hydrogen-bond acceptors (Lipinski definition) is 3. The molecule has 0 saturated heterocycles. The van der Waals surface area contributed by atoms with Crippen LogP contribution < -0.4 is 10.6 Å². The molecule has 1 unspecified atom stereocenters. The summed E-state index contributed by atoms with van der Waals surface area (Å²) in [5.74, 6) is -0.133. The topological polar surface area (TPSA) is 71.1 Å². The summed E-state index contributed by atoms with van der Waals surface area (Å²) in [7, 11) is 0. The Balaban J connectivity index is 1.42. The number of nitrogens with one attached hydrogen (secondary N) is 2. The number of benzene rings is 1. The average molecular weight is 323 g/mol. The van der Waals surface area contributed by atoms with Crippen molar-refractivity contribution in [2.24, 2.45) is 5.92 Å². The van der Waals surface area contributed by atoms with Gasteiger partial charge in [-0.1, -0.05) is 24.3 Å². The number of rotatable bonds is 6. The molecule has 2 aromatic rings. The van der Waals surface area contributed by atoms with E-state index >= 15 is 0 Å². The van der Waals surface area contributed by atoms with Crippen molar-refractivity contribution in [1.29, 1.82) is 0 Å². The van der Waals surface area contributed by atoms with Gasteiger partial charge in [0.05, 0.1) is 0 Å². The van der Waals surface area contributed by atoms with Crippen molar-refractivity contribution in [3.8, 4) is 0 Å². The van der Waals surface area contributed by atoms with Gasteiger partial charge in [-0.05, 0) is 42.5 Å². The molecule has 124 valence electrons. The Hall–Kier alpha value is -2.69. The Kier molecular flexibility index (Phi) is 5.21. The summed E-state index contributed by atoms with van der Waals surface area (Å²) in [6, 6.07) is 11.7. The number of amides is 2. The van der Waals surface area contributed by atoms with Gasteiger partial charge >= 0.3 is 0 Å². The van der Waals surface area contributed by atoms with Crippen LogP contribution in [0.1, 0.15) is 24.0 Å². The fourth-order valence-electron chi connectivity index (χ4n) is 2.93. The maximum atomic E-state index is 12.1. The fraction of sp³-hybridized carbons (Fsp3) is 0.316. The van der Waals surface area contributed by atoms with Gasteiger partial charge in [0, 0.05) is 37.0 Å². The summed E-state index contributed by atoms with van der Waals surface area (Å²) in [5, 5.41) is 5.83. The third-order valence-corrected chi connectivity index (χ3v) is 4.29. The van der Waals surface area contributed by atoms with Crippen molar-refractivity contribution < 1.29 is 9.59 Å². The normalized spacial score (nSPS) is 16.2. The number of nitrogens with zero attached hydrogens (tertiary/aromatic N) is 1. The van der Waals surface area contributed by atoms with E-state index in [2.05, 4.69) is 15.6 Å². The second-order valence-corrected chi connectivity index (χ2v) is 6.05. The van der Waals surface area contributed by atoms with Crippen molar-refractivity contribution in [2.75, 3.05) is 11.9 Å². The first-order valence-electron chi connectivity index (χ1n) is 8.27. The van der Waals surface area contributed by atoms with Crippen molar-refractivity contribution in [3.63, 3.8) is 0 Å². The maximum absolute atomic E-state index is 12.1. The van der Waals surface area contributed by atoms with Gasteiger partial charge in [0.25, 0.3) is 0 Å². The van der Waals surface area contributed by atoms with E-state index in [1.165, 1.54) is 0 Å². The molecule has 3 rings (SSSR count). The fourth-order valence-corrected chi connectivity index (χ4v) is 2.93. The Morgan fingerprint density at radius 3 is 2.96 bits per heavy atom. The highest BCUT2D eigenvalue weighted by molar-refractivity contribution is 5.96. The summed E-state index contributed by atoms with van der Waals surface area (Å²) in [6.45, 7) is 0.588. The standard InChI is InChI=1S/C19H21N3O2/c23-18(21-11-9-14-4-3-10-20-13-14)8-7-16-12-15-5-1-2-6-17(15)22-19(16)24/h1-6,10,13,16H,7-9,11-12H2,(H,21,23)(H,22,24). The highest BCUT2D eigenvalue weighted by Crippen LogP contribution is 2.27. The van der Waals surface area contributed by atoms with Crippen LogP contribution in [0.4, 0.5) is 5.69 Å². The molecule has 2 N–H and O–H groups in total. The minimum Gasteiger partial charge on any atom is -0.356 e. The van der Waals surface area contributed by atoms with Gasteiger partial charge in [0.2, 0.25) is 11.8 Å². The molecule has 0 spiro atoms. The maximum Gasteiger partial charge on any atom is 0.227 e. The smallest absolute Gasteiger partial charge is 0.227 e. The van der Waals surface area contributed by atoms with Crippen LogP contribution in [0.2, 0.25) is 0 Å². The van der Waals surface area contributed by atoms with Crippen LogP contribution in [0.3, 0.4) is 0 Å². The van der Waals surface area contributed by atoms with Crippen molar-refractivity contribution in [2.45, 2.75) is 25.7 Å². The molecule has 1 aliphatic rings. The first-order valence-corrected chi connectivity index (χ1v) is 8.27.